The molecule has 1 amide bonds. The van der Waals surface area contributed by atoms with Crippen molar-refractivity contribution in [3.8, 4) is 0 Å². The van der Waals surface area contributed by atoms with E-state index in [1.54, 1.807) is 11.3 Å². The van der Waals surface area contributed by atoms with Gasteiger partial charge in [0.1, 0.15) is 0 Å². The molecule has 5 heteroatoms. The Bertz CT molecular complexity index is 732. The maximum absolute atomic E-state index is 12.1. The molecule has 0 unspecified atom stereocenters. The number of rotatable bonds is 3. The van der Waals surface area contributed by atoms with Gasteiger partial charge in [-0.15, -0.1) is 11.3 Å². The van der Waals surface area contributed by atoms with Gasteiger partial charge in [-0.2, -0.15) is 0 Å². The van der Waals surface area contributed by atoms with Crippen LogP contribution in [0.5, 0.6) is 0 Å². The van der Waals surface area contributed by atoms with Crippen LogP contribution < -0.4 is 5.32 Å². The van der Waals surface area contributed by atoms with E-state index in [0.29, 0.717) is 12.1 Å². The van der Waals surface area contributed by atoms with Gasteiger partial charge in [-0.25, -0.2) is 0 Å². The fourth-order valence-corrected chi connectivity index (χ4v) is 3.34. The average molecular weight is 335 g/mol. The van der Waals surface area contributed by atoms with E-state index in [-0.39, 0.29) is 5.91 Å². The van der Waals surface area contributed by atoms with Crippen molar-refractivity contribution in [1.29, 1.82) is 0 Å². The van der Waals surface area contributed by atoms with E-state index >= 15 is 0 Å². The van der Waals surface area contributed by atoms with Crippen LogP contribution in [0.25, 0.3) is 10.9 Å². The lowest BCUT2D eigenvalue weighted by molar-refractivity contribution is 0.0951. The van der Waals surface area contributed by atoms with Gasteiger partial charge in [-0.3, -0.25) is 4.79 Å². The molecule has 19 heavy (non-hydrogen) atoms. The third-order valence-corrected chi connectivity index (χ3v) is 4.84. The maximum atomic E-state index is 12.1. The summed E-state index contributed by atoms with van der Waals surface area (Å²) in [6.45, 7) is 0.544. The molecule has 0 bridgehead atoms. The van der Waals surface area contributed by atoms with Crippen LogP contribution in [-0.2, 0) is 6.54 Å². The number of aromatic nitrogens is 1. The van der Waals surface area contributed by atoms with Crippen molar-refractivity contribution in [2.75, 3.05) is 0 Å². The predicted molar refractivity (Wildman–Crippen MR) is 81.5 cm³/mol. The van der Waals surface area contributed by atoms with E-state index in [9.17, 15) is 4.79 Å². The summed E-state index contributed by atoms with van der Waals surface area (Å²) in [5.41, 5.74) is 1.72. The molecule has 0 radical (unpaired) electrons. The molecule has 96 valence electrons. The molecule has 3 aromatic rings. The zero-order chi connectivity index (χ0) is 13.2. The Labute approximate surface area is 122 Å². The summed E-state index contributed by atoms with van der Waals surface area (Å²) >= 11 is 5.08. The zero-order valence-electron chi connectivity index (χ0n) is 9.94. The first-order valence-corrected chi connectivity index (χ1v) is 7.48. The van der Waals surface area contributed by atoms with E-state index in [1.165, 1.54) is 0 Å². The minimum Gasteiger partial charge on any atom is -0.361 e. The van der Waals surface area contributed by atoms with E-state index < -0.39 is 0 Å². The highest BCUT2D eigenvalue weighted by Crippen LogP contribution is 2.22. The number of carbonyl (C=O) groups excluding carboxylic acids is 1. The maximum Gasteiger partial charge on any atom is 0.251 e. The number of amides is 1. The predicted octanol–water partition coefficient (Wildman–Crippen LogP) is 3.92. The van der Waals surface area contributed by atoms with Crippen LogP contribution in [0.15, 0.2) is 46.4 Å². The number of carbonyl (C=O) groups is 1. The fraction of sp³-hybridized carbons (Fsp3) is 0.0714. The standard InChI is InChI=1S/C14H11BrN2OS/c15-11-4-6-19-13(11)8-17-14(18)10-1-2-12-9(7-10)3-5-16-12/h1-7,16H,8H2,(H,17,18). The number of benzene rings is 1. The van der Waals surface area contributed by atoms with Crippen LogP contribution in [0.3, 0.4) is 0 Å². The first-order chi connectivity index (χ1) is 9.24. The molecular formula is C14H11BrN2OS. The number of fused-ring (bicyclic) bond motifs is 1. The molecule has 0 aliphatic carbocycles. The van der Waals surface area contributed by atoms with Gasteiger partial charge in [0.05, 0.1) is 6.54 Å². The Hall–Kier alpha value is -1.59. The number of nitrogens with one attached hydrogen (secondary N) is 2. The SMILES string of the molecule is O=C(NCc1sccc1Br)c1ccc2[nH]ccc2c1. The third kappa shape index (κ3) is 2.57. The largest absolute Gasteiger partial charge is 0.361 e. The first-order valence-electron chi connectivity index (χ1n) is 5.81. The molecule has 0 atom stereocenters. The van der Waals surface area contributed by atoms with Crippen molar-refractivity contribution in [3.63, 3.8) is 0 Å². The van der Waals surface area contributed by atoms with Crippen molar-refractivity contribution < 1.29 is 4.79 Å². The molecule has 0 aliphatic heterocycles. The van der Waals surface area contributed by atoms with Crippen LogP contribution in [0.2, 0.25) is 0 Å². The van der Waals surface area contributed by atoms with Gasteiger partial charge in [-0.05, 0) is 51.6 Å². The average Bonchev–Trinajstić information content (AvgIpc) is 3.03. The van der Waals surface area contributed by atoms with Crippen LogP contribution >= 0.6 is 27.3 Å². The number of thiophene rings is 1. The van der Waals surface area contributed by atoms with Gasteiger partial charge in [0.15, 0.2) is 0 Å². The molecule has 0 saturated carbocycles. The van der Waals surface area contributed by atoms with E-state index in [1.807, 2.05) is 41.9 Å². The molecule has 3 rings (SSSR count). The summed E-state index contributed by atoms with van der Waals surface area (Å²) in [5, 5.41) is 5.97. The Morgan fingerprint density at radius 2 is 2.21 bits per heavy atom. The second-order valence-electron chi connectivity index (χ2n) is 4.15. The lowest BCUT2D eigenvalue weighted by Crippen LogP contribution is -2.22. The Kier molecular flexibility index (Phi) is 3.40. The minimum absolute atomic E-state index is 0.0524. The third-order valence-electron chi connectivity index (χ3n) is 2.92. The van der Waals surface area contributed by atoms with Crippen molar-refractivity contribution in [2.24, 2.45) is 0 Å². The molecule has 0 saturated heterocycles. The monoisotopic (exact) mass is 334 g/mol. The fourth-order valence-electron chi connectivity index (χ4n) is 1.91. The highest BCUT2D eigenvalue weighted by atomic mass is 79.9. The van der Waals surface area contributed by atoms with E-state index in [4.69, 9.17) is 0 Å². The second kappa shape index (κ2) is 5.19. The molecule has 2 aromatic heterocycles. The van der Waals surface area contributed by atoms with Crippen molar-refractivity contribution in [2.45, 2.75) is 6.54 Å². The highest BCUT2D eigenvalue weighted by Gasteiger charge is 2.08. The summed E-state index contributed by atoms with van der Waals surface area (Å²) in [5.74, 6) is -0.0524. The Balaban J connectivity index is 1.74. The molecule has 0 spiro atoms. The van der Waals surface area contributed by atoms with E-state index in [2.05, 4.69) is 26.2 Å². The lowest BCUT2D eigenvalue weighted by Gasteiger charge is -2.04. The van der Waals surface area contributed by atoms with Gasteiger partial charge in [-0.1, -0.05) is 0 Å². The van der Waals surface area contributed by atoms with Crippen molar-refractivity contribution >= 4 is 44.1 Å². The van der Waals surface area contributed by atoms with Gasteiger partial charge in [0, 0.05) is 32.0 Å². The molecular weight excluding hydrogens is 324 g/mol. The normalized spacial score (nSPS) is 10.8. The number of hydrogen-bond donors (Lipinski definition) is 2. The number of H-pyrrole nitrogens is 1. The molecule has 3 nitrogen and oxygen atoms in total. The quantitative estimate of drug-likeness (QED) is 0.749. The Morgan fingerprint density at radius 1 is 1.32 bits per heavy atom. The lowest BCUT2D eigenvalue weighted by atomic mass is 10.1. The smallest absolute Gasteiger partial charge is 0.251 e. The van der Waals surface area contributed by atoms with Crippen LogP contribution in [0.4, 0.5) is 0 Å². The summed E-state index contributed by atoms with van der Waals surface area (Å²) < 4.78 is 1.04. The van der Waals surface area contributed by atoms with Crippen LogP contribution in [0, 0.1) is 0 Å². The molecule has 2 heterocycles. The summed E-state index contributed by atoms with van der Waals surface area (Å²) in [4.78, 5) is 16.3. The number of hydrogen-bond acceptors (Lipinski definition) is 2. The van der Waals surface area contributed by atoms with Gasteiger partial charge < -0.3 is 10.3 Å². The molecule has 2 N–H and O–H groups in total. The van der Waals surface area contributed by atoms with Crippen molar-refractivity contribution in [3.05, 3.63) is 56.8 Å². The number of halogens is 1. The first kappa shape index (κ1) is 12.4. The summed E-state index contributed by atoms with van der Waals surface area (Å²) in [7, 11) is 0. The zero-order valence-corrected chi connectivity index (χ0v) is 12.3. The van der Waals surface area contributed by atoms with Crippen molar-refractivity contribution in [1.82, 2.24) is 10.3 Å². The summed E-state index contributed by atoms with van der Waals surface area (Å²) in [6.07, 6.45) is 1.87. The highest BCUT2D eigenvalue weighted by molar-refractivity contribution is 9.10. The van der Waals surface area contributed by atoms with E-state index in [0.717, 1.165) is 20.3 Å². The molecule has 1 aromatic carbocycles. The van der Waals surface area contributed by atoms with Gasteiger partial charge in [0.25, 0.3) is 5.91 Å². The molecule has 0 aliphatic rings. The summed E-state index contributed by atoms with van der Waals surface area (Å²) in [6, 6.07) is 9.59. The van der Waals surface area contributed by atoms with Crippen LogP contribution in [-0.4, -0.2) is 10.9 Å². The Morgan fingerprint density at radius 3 is 3.00 bits per heavy atom. The van der Waals surface area contributed by atoms with Gasteiger partial charge in [0.2, 0.25) is 0 Å². The second-order valence-corrected chi connectivity index (χ2v) is 6.01. The minimum atomic E-state index is -0.0524. The van der Waals surface area contributed by atoms with Gasteiger partial charge >= 0.3 is 0 Å². The molecule has 0 fully saturated rings. The number of aromatic amines is 1. The van der Waals surface area contributed by atoms with Crippen LogP contribution in [0.1, 0.15) is 15.2 Å². The topological polar surface area (TPSA) is 44.9 Å².